The molecule has 4 nitrogen and oxygen atoms in total. The van der Waals surface area contributed by atoms with E-state index in [9.17, 15) is 4.79 Å². The van der Waals surface area contributed by atoms with E-state index in [1.54, 1.807) is 6.07 Å². The molecule has 0 aliphatic heterocycles. The summed E-state index contributed by atoms with van der Waals surface area (Å²) in [6.07, 6.45) is 1.48. The van der Waals surface area contributed by atoms with Crippen LogP contribution < -0.4 is 0 Å². The summed E-state index contributed by atoms with van der Waals surface area (Å²) in [5, 5.41) is 1.10. The van der Waals surface area contributed by atoms with Crippen LogP contribution in [0, 0.1) is 0 Å². The first-order valence-corrected chi connectivity index (χ1v) is 6.12. The van der Waals surface area contributed by atoms with Crippen molar-refractivity contribution in [1.82, 2.24) is 14.5 Å². The summed E-state index contributed by atoms with van der Waals surface area (Å²) >= 11 is 5.71. The minimum atomic E-state index is -0.164. The Balaban J connectivity index is 2.14. The predicted octanol–water partition coefficient (Wildman–Crippen LogP) is 2.85. The van der Waals surface area contributed by atoms with Crippen molar-refractivity contribution in [3.8, 4) is 0 Å². The third-order valence-electron chi connectivity index (χ3n) is 3.04. The van der Waals surface area contributed by atoms with Crippen molar-refractivity contribution < 1.29 is 4.79 Å². The van der Waals surface area contributed by atoms with Gasteiger partial charge in [-0.05, 0) is 29.8 Å². The van der Waals surface area contributed by atoms with Crippen LogP contribution in [0.15, 0.2) is 42.6 Å². The van der Waals surface area contributed by atoms with E-state index < -0.39 is 0 Å². The van der Waals surface area contributed by atoms with Gasteiger partial charge in [-0.2, -0.15) is 0 Å². The summed E-state index contributed by atoms with van der Waals surface area (Å²) in [5.41, 5.74) is 1.88. The first kappa shape index (κ1) is 11.9. The largest absolute Gasteiger partial charge is 0.341 e. The number of aryl methyl sites for hydroxylation is 1. The van der Waals surface area contributed by atoms with E-state index in [0.29, 0.717) is 11.4 Å². The van der Waals surface area contributed by atoms with Gasteiger partial charge in [0.05, 0.1) is 5.69 Å². The van der Waals surface area contributed by atoms with Crippen LogP contribution in [0.5, 0.6) is 0 Å². The third kappa shape index (κ3) is 2.00. The molecule has 5 heteroatoms. The first-order valence-electron chi connectivity index (χ1n) is 5.74. The molecule has 0 atom stereocenters. The molecule has 3 rings (SSSR count). The average Bonchev–Trinajstić information content (AvgIpc) is 2.76. The Bertz CT molecular complexity index is 779. The molecule has 2 aromatic heterocycles. The van der Waals surface area contributed by atoms with Gasteiger partial charge >= 0.3 is 0 Å². The molecule has 0 saturated carbocycles. The Morgan fingerprint density at radius 2 is 2.05 bits per heavy atom. The minimum Gasteiger partial charge on any atom is -0.341 e. The van der Waals surface area contributed by atoms with Gasteiger partial charge in [0.1, 0.15) is 5.69 Å². The first-order chi connectivity index (χ1) is 9.16. The van der Waals surface area contributed by atoms with Crippen molar-refractivity contribution in [2.45, 2.75) is 0 Å². The van der Waals surface area contributed by atoms with Crippen LogP contribution >= 0.6 is 11.6 Å². The number of ketones is 1. The topological polar surface area (TPSA) is 47.8 Å². The van der Waals surface area contributed by atoms with E-state index in [0.717, 1.165) is 10.9 Å². The number of hydrogen-bond donors (Lipinski definition) is 0. The van der Waals surface area contributed by atoms with Gasteiger partial charge in [0.2, 0.25) is 11.1 Å². The van der Waals surface area contributed by atoms with Gasteiger partial charge in [-0.3, -0.25) is 4.79 Å². The lowest BCUT2D eigenvalue weighted by Gasteiger charge is -2.03. The molecule has 0 aliphatic rings. The van der Waals surface area contributed by atoms with Gasteiger partial charge in [-0.15, -0.1) is 0 Å². The molecule has 0 saturated heterocycles. The Hall–Kier alpha value is -2.20. The molecule has 0 N–H and O–H groups in total. The summed E-state index contributed by atoms with van der Waals surface area (Å²) in [5.74, 6) is -0.164. The standard InChI is InChI=1S/C14H10ClN3O/c1-18-11-5-3-2-4-9(11)8-12(18)13(19)10-6-7-16-14(15)17-10/h2-8H,1H3. The van der Waals surface area contributed by atoms with Gasteiger partial charge in [0.15, 0.2) is 0 Å². The highest BCUT2D eigenvalue weighted by Crippen LogP contribution is 2.20. The second-order valence-corrected chi connectivity index (χ2v) is 4.53. The number of fused-ring (bicyclic) bond motifs is 1. The van der Waals surface area contributed by atoms with Crippen molar-refractivity contribution in [1.29, 1.82) is 0 Å². The molecule has 2 heterocycles. The number of aromatic nitrogens is 3. The highest BCUT2D eigenvalue weighted by atomic mass is 35.5. The molecule has 0 spiro atoms. The van der Waals surface area contributed by atoms with E-state index in [1.165, 1.54) is 6.20 Å². The highest BCUT2D eigenvalue weighted by Gasteiger charge is 2.16. The van der Waals surface area contributed by atoms with Gasteiger partial charge in [0.25, 0.3) is 0 Å². The number of hydrogen-bond acceptors (Lipinski definition) is 3. The Labute approximate surface area is 114 Å². The SMILES string of the molecule is Cn1c(C(=O)c2ccnc(Cl)n2)cc2ccccc21. The summed E-state index contributed by atoms with van der Waals surface area (Å²) < 4.78 is 1.85. The Morgan fingerprint density at radius 1 is 1.26 bits per heavy atom. The summed E-state index contributed by atoms with van der Waals surface area (Å²) in [6.45, 7) is 0. The number of carbonyl (C=O) groups excluding carboxylic acids is 1. The smallest absolute Gasteiger partial charge is 0.227 e. The van der Waals surface area contributed by atoms with E-state index in [1.807, 2.05) is 41.9 Å². The van der Waals surface area contributed by atoms with Crippen LogP contribution in [0.2, 0.25) is 5.28 Å². The monoisotopic (exact) mass is 271 g/mol. The molecule has 0 aliphatic carbocycles. The molecule has 0 unspecified atom stereocenters. The van der Waals surface area contributed by atoms with Crippen molar-refractivity contribution in [2.75, 3.05) is 0 Å². The quantitative estimate of drug-likeness (QED) is 0.532. The fourth-order valence-corrected chi connectivity index (χ4v) is 2.25. The third-order valence-corrected chi connectivity index (χ3v) is 3.23. The van der Waals surface area contributed by atoms with Gasteiger partial charge in [-0.1, -0.05) is 18.2 Å². The summed E-state index contributed by atoms with van der Waals surface area (Å²) in [7, 11) is 1.86. The van der Waals surface area contributed by atoms with E-state index >= 15 is 0 Å². The van der Waals surface area contributed by atoms with Crippen molar-refractivity contribution >= 4 is 28.3 Å². The van der Waals surface area contributed by atoms with Crippen LogP contribution in [0.3, 0.4) is 0 Å². The lowest BCUT2D eigenvalue weighted by molar-refractivity contribution is 0.102. The van der Waals surface area contributed by atoms with Crippen LogP contribution in [0.25, 0.3) is 10.9 Å². The fourth-order valence-electron chi connectivity index (χ4n) is 2.10. The zero-order valence-electron chi connectivity index (χ0n) is 10.2. The average molecular weight is 272 g/mol. The molecule has 0 fully saturated rings. The van der Waals surface area contributed by atoms with E-state index in [4.69, 9.17) is 11.6 Å². The number of carbonyl (C=O) groups is 1. The lowest BCUT2D eigenvalue weighted by atomic mass is 10.2. The van der Waals surface area contributed by atoms with Gasteiger partial charge < -0.3 is 4.57 Å². The molecule has 0 radical (unpaired) electrons. The number of halogens is 1. The number of nitrogens with zero attached hydrogens (tertiary/aromatic N) is 3. The molecule has 1 aromatic carbocycles. The van der Waals surface area contributed by atoms with Crippen LogP contribution in [-0.2, 0) is 7.05 Å². The van der Waals surface area contributed by atoms with Crippen LogP contribution in [0.4, 0.5) is 0 Å². The second-order valence-electron chi connectivity index (χ2n) is 4.19. The molecular weight excluding hydrogens is 262 g/mol. The van der Waals surface area contributed by atoms with E-state index in [2.05, 4.69) is 9.97 Å². The number of benzene rings is 1. The number of rotatable bonds is 2. The highest BCUT2D eigenvalue weighted by molar-refractivity contribution is 6.28. The van der Waals surface area contributed by atoms with Crippen molar-refractivity contribution in [3.63, 3.8) is 0 Å². The molecule has 94 valence electrons. The normalized spacial score (nSPS) is 10.8. The summed E-state index contributed by atoms with van der Waals surface area (Å²) in [4.78, 5) is 20.1. The zero-order chi connectivity index (χ0) is 13.4. The Kier molecular flexibility index (Phi) is 2.80. The lowest BCUT2D eigenvalue weighted by Crippen LogP contribution is -2.09. The van der Waals surface area contributed by atoms with Crippen LogP contribution in [-0.4, -0.2) is 20.3 Å². The Morgan fingerprint density at radius 3 is 2.79 bits per heavy atom. The fraction of sp³-hybridized carbons (Fsp3) is 0.0714. The summed E-state index contributed by atoms with van der Waals surface area (Å²) in [6, 6.07) is 11.2. The van der Waals surface area contributed by atoms with E-state index in [-0.39, 0.29) is 11.1 Å². The molecule has 3 aromatic rings. The number of para-hydroxylation sites is 1. The van der Waals surface area contributed by atoms with Crippen LogP contribution in [0.1, 0.15) is 16.2 Å². The molecule has 0 amide bonds. The minimum absolute atomic E-state index is 0.0737. The van der Waals surface area contributed by atoms with Gasteiger partial charge in [0, 0.05) is 24.1 Å². The maximum atomic E-state index is 12.4. The van der Waals surface area contributed by atoms with Crippen molar-refractivity contribution in [2.24, 2.45) is 7.05 Å². The molecule has 0 bridgehead atoms. The zero-order valence-corrected chi connectivity index (χ0v) is 10.9. The second kappa shape index (κ2) is 4.48. The predicted molar refractivity (Wildman–Crippen MR) is 73.4 cm³/mol. The maximum absolute atomic E-state index is 12.4. The molecular formula is C14H10ClN3O. The molecule has 19 heavy (non-hydrogen) atoms. The van der Waals surface area contributed by atoms with Gasteiger partial charge in [-0.25, -0.2) is 9.97 Å². The maximum Gasteiger partial charge on any atom is 0.227 e. The van der Waals surface area contributed by atoms with Crippen molar-refractivity contribution in [3.05, 3.63) is 59.3 Å².